The van der Waals surface area contributed by atoms with Gasteiger partial charge in [-0.1, -0.05) is 12.1 Å². The predicted molar refractivity (Wildman–Crippen MR) is 73.9 cm³/mol. The molecule has 0 bridgehead atoms. The van der Waals surface area contributed by atoms with E-state index in [0.29, 0.717) is 5.56 Å². The van der Waals surface area contributed by atoms with E-state index in [4.69, 9.17) is 0 Å². The molecule has 0 atom stereocenters. The Morgan fingerprint density at radius 3 is 2.05 bits per heavy atom. The Kier molecular flexibility index (Phi) is 3.99. The van der Waals surface area contributed by atoms with E-state index in [9.17, 15) is 21.6 Å². The van der Waals surface area contributed by atoms with Crippen LogP contribution >= 0.6 is 0 Å². The van der Waals surface area contributed by atoms with Crippen molar-refractivity contribution >= 4 is 25.6 Å². The second kappa shape index (κ2) is 5.27. The predicted octanol–water partition coefficient (Wildman–Crippen LogP) is 0.308. The highest BCUT2D eigenvalue weighted by Gasteiger charge is 2.31. The highest BCUT2D eigenvalue weighted by atomic mass is 32.2. The summed E-state index contributed by atoms with van der Waals surface area (Å²) in [5.74, 6) is -0.451. The third-order valence-corrected chi connectivity index (χ3v) is 6.72. The number of nitrogens with zero attached hydrogens (tertiary/aromatic N) is 1. The topological polar surface area (TPSA) is 88.6 Å². The Bertz CT molecular complexity index is 706. The van der Waals surface area contributed by atoms with Crippen molar-refractivity contribution in [3.63, 3.8) is 0 Å². The number of carbonyl (C=O) groups excluding carboxylic acids is 1. The van der Waals surface area contributed by atoms with Crippen molar-refractivity contribution < 1.29 is 21.6 Å². The van der Waals surface area contributed by atoms with E-state index in [1.807, 2.05) is 0 Å². The molecule has 6 nitrogen and oxygen atoms in total. The zero-order chi connectivity index (χ0) is 15.0. The van der Waals surface area contributed by atoms with Crippen LogP contribution in [0.2, 0.25) is 0 Å². The summed E-state index contributed by atoms with van der Waals surface area (Å²) in [4.78, 5) is 11.2. The summed E-state index contributed by atoms with van der Waals surface area (Å²) < 4.78 is 48.5. The van der Waals surface area contributed by atoms with Gasteiger partial charge in [-0.3, -0.25) is 4.79 Å². The standard InChI is InChI=1S/C12H15NO5S2/c1-10(14)11-2-4-12(5-3-11)20(17,18)13-6-8-19(15,16)9-7-13/h2-5H,6-9H2,1H3. The largest absolute Gasteiger partial charge is 0.295 e. The van der Waals surface area contributed by atoms with Crippen LogP contribution in [0, 0.1) is 0 Å². The average molecular weight is 317 g/mol. The van der Waals surface area contributed by atoms with Crippen molar-refractivity contribution in [3.05, 3.63) is 29.8 Å². The summed E-state index contributed by atoms with van der Waals surface area (Å²) >= 11 is 0. The maximum Gasteiger partial charge on any atom is 0.243 e. The van der Waals surface area contributed by atoms with Gasteiger partial charge >= 0.3 is 0 Å². The molecule has 0 N–H and O–H groups in total. The third-order valence-electron chi connectivity index (χ3n) is 3.20. The molecule has 0 saturated carbocycles. The van der Waals surface area contributed by atoms with Crippen molar-refractivity contribution in [2.24, 2.45) is 0 Å². The molecule has 0 spiro atoms. The summed E-state index contributed by atoms with van der Waals surface area (Å²) in [6, 6.07) is 5.65. The van der Waals surface area contributed by atoms with Gasteiger partial charge in [-0.2, -0.15) is 4.31 Å². The van der Waals surface area contributed by atoms with Crippen LogP contribution in [0.3, 0.4) is 0 Å². The molecule has 110 valence electrons. The van der Waals surface area contributed by atoms with Gasteiger partial charge in [0, 0.05) is 18.7 Å². The maximum atomic E-state index is 12.3. The van der Waals surface area contributed by atoms with Crippen LogP contribution in [-0.4, -0.2) is 51.5 Å². The molecule has 0 unspecified atom stereocenters. The fourth-order valence-corrected chi connectivity index (χ4v) is 4.82. The number of hydrogen-bond acceptors (Lipinski definition) is 5. The van der Waals surface area contributed by atoms with Gasteiger partial charge in [-0.25, -0.2) is 16.8 Å². The molecule has 8 heteroatoms. The molecule has 1 heterocycles. The Labute approximate surface area is 118 Å². The summed E-state index contributed by atoms with van der Waals surface area (Å²) in [5, 5.41) is 0. The summed E-state index contributed by atoms with van der Waals surface area (Å²) in [6.45, 7) is 1.34. The zero-order valence-corrected chi connectivity index (χ0v) is 12.6. The molecule has 0 amide bonds. The Balaban J connectivity index is 2.25. The minimum Gasteiger partial charge on any atom is -0.295 e. The van der Waals surface area contributed by atoms with Gasteiger partial charge in [-0.05, 0) is 19.1 Å². The second-order valence-corrected chi connectivity index (χ2v) is 8.88. The highest BCUT2D eigenvalue weighted by molar-refractivity contribution is 7.92. The smallest absolute Gasteiger partial charge is 0.243 e. The second-order valence-electron chi connectivity index (χ2n) is 4.64. The SMILES string of the molecule is CC(=O)c1ccc(S(=O)(=O)N2CCS(=O)(=O)CC2)cc1. The van der Waals surface area contributed by atoms with E-state index in [-0.39, 0.29) is 35.3 Å². The molecule has 20 heavy (non-hydrogen) atoms. The molecule has 1 saturated heterocycles. The third kappa shape index (κ3) is 3.08. The first kappa shape index (κ1) is 15.1. The van der Waals surface area contributed by atoms with Gasteiger partial charge in [-0.15, -0.1) is 0 Å². The van der Waals surface area contributed by atoms with Crippen LogP contribution in [0.4, 0.5) is 0 Å². The number of benzene rings is 1. The van der Waals surface area contributed by atoms with Gasteiger partial charge in [0.1, 0.15) is 0 Å². The molecular weight excluding hydrogens is 302 g/mol. The number of Topliss-reactive ketones (excluding diaryl/α,β-unsaturated/α-hetero) is 1. The summed E-state index contributed by atoms with van der Waals surface area (Å²) in [6.07, 6.45) is 0. The first-order valence-electron chi connectivity index (χ1n) is 6.04. The average Bonchev–Trinajstić information content (AvgIpc) is 2.38. The van der Waals surface area contributed by atoms with E-state index >= 15 is 0 Å². The molecule has 1 aliphatic heterocycles. The van der Waals surface area contributed by atoms with Crippen LogP contribution in [0.1, 0.15) is 17.3 Å². The maximum absolute atomic E-state index is 12.3. The van der Waals surface area contributed by atoms with E-state index in [0.717, 1.165) is 4.31 Å². The molecule has 0 radical (unpaired) electrons. The number of carbonyl (C=O) groups is 1. The van der Waals surface area contributed by atoms with E-state index in [2.05, 4.69) is 0 Å². The Morgan fingerprint density at radius 2 is 1.60 bits per heavy atom. The van der Waals surface area contributed by atoms with Crippen molar-refractivity contribution in [3.8, 4) is 0 Å². The van der Waals surface area contributed by atoms with Crippen molar-refractivity contribution in [1.29, 1.82) is 0 Å². The van der Waals surface area contributed by atoms with Gasteiger partial charge in [0.15, 0.2) is 15.6 Å². The summed E-state index contributed by atoms with van der Waals surface area (Å²) in [5.41, 5.74) is 0.435. The van der Waals surface area contributed by atoms with Crippen molar-refractivity contribution in [2.75, 3.05) is 24.6 Å². The lowest BCUT2D eigenvalue weighted by atomic mass is 10.2. The monoisotopic (exact) mass is 317 g/mol. The van der Waals surface area contributed by atoms with Crippen molar-refractivity contribution in [2.45, 2.75) is 11.8 Å². The molecule has 1 aromatic rings. The quantitative estimate of drug-likeness (QED) is 0.749. The lowest BCUT2D eigenvalue weighted by Gasteiger charge is -2.25. The van der Waals surface area contributed by atoms with Crippen LogP contribution in [0.5, 0.6) is 0 Å². The Morgan fingerprint density at radius 1 is 1.10 bits per heavy atom. The minimum absolute atomic E-state index is 0.0286. The van der Waals surface area contributed by atoms with E-state index in [1.54, 1.807) is 0 Å². The van der Waals surface area contributed by atoms with Gasteiger partial charge in [0.2, 0.25) is 10.0 Å². The number of sulfonamides is 1. The minimum atomic E-state index is -3.70. The molecule has 2 rings (SSSR count). The number of rotatable bonds is 3. The number of hydrogen-bond donors (Lipinski definition) is 0. The lowest BCUT2D eigenvalue weighted by molar-refractivity contribution is 0.101. The molecule has 0 aromatic heterocycles. The molecule has 1 aromatic carbocycles. The molecule has 0 aliphatic carbocycles. The van der Waals surface area contributed by atoms with E-state index < -0.39 is 19.9 Å². The number of sulfone groups is 1. The van der Waals surface area contributed by atoms with Crippen molar-refractivity contribution in [1.82, 2.24) is 4.31 Å². The summed E-state index contributed by atoms with van der Waals surface area (Å²) in [7, 11) is -6.82. The van der Waals surface area contributed by atoms with E-state index in [1.165, 1.54) is 31.2 Å². The zero-order valence-electron chi connectivity index (χ0n) is 10.9. The van der Waals surface area contributed by atoms with Crippen LogP contribution in [-0.2, 0) is 19.9 Å². The van der Waals surface area contributed by atoms with Crippen LogP contribution in [0.15, 0.2) is 29.2 Å². The Hall–Kier alpha value is -1.25. The molecule has 1 aliphatic rings. The van der Waals surface area contributed by atoms with Gasteiger partial charge < -0.3 is 0 Å². The van der Waals surface area contributed by atoms with Crippen LogP contribution in [0.25, 0.3) is 0 Å². The van der Waals surface area contributed by atoms with Gasteiger partial charge in [0.05, 0.1) is 16.4 Å². The van der Waals surface area contributed by atoms with Gasteiger partial charge in [0.25, 0.3) is 0 Å². The lowest BCUT2D eigenvalue weighted by Crippen LogP contribution is -2.43. The fourth-order valence-electron chi connectivity index (χ4n) is 1.95. The molecular formula is C12H15NO5S2. The fraction of sp³-hybridized carbons (Fsp3) is 0.417. The molecule has 1 fully saturated rings. The van der Waals surface area contributed by atoms with Crippen LogP contribution < -0.4 is 0 Å². The first-order valence-corrected chi connectivity index (χ1v) is 9.30. The number of ketones is 1. The highest BCUT2D eigenvalue weighted by Crippen LogP contribution is 2.19. The first-order chi connectivity index (χ1) is 9.22. The normalized spacial score (nSPS) is 19.6.